The first kappa shape index (κ1) is 13.5. The number of nitro groups is 1. The zero-order valence-corrected chi connectivity index (χ0v) is 9.61. The molecule has 0 fully saturated rings. The molecule has 0 heterocycles. The van der Waals surface area contributed by atoms with Gasteiger partial charge in [0.2, 0.25) is 0 Å². The Morgan fingerprint density at radius 1 is 1.53 bits per heavy atom. The Labute approximate surface area is 97.6 Å². The zero-order valence-electron chi connectivity index (χ0n) is 9.61. The average Bonchev–Trinajstić information content (AvgIpc) is 2.20. The van der Waals surface area contributed by atoms with Gasteiger partial charge in [-0.3, -0.25) is 10.1 Å². The Morgan fingerprint density at radius 2 is 2.12 bits per heavy atom. The number of benzene rings is 1. The van der Waals surface area contributed by atoms with E-state index in [1.165, 1.54) is 19.1 Å². The summed E-state index contributed by atoms with van der Waals surface area (Å²) < 4.78 is 25.2. The van der Waals surface area contributed by atoms with Gasteiger partial charge in [-0.05, 0) is 25.8 Å². The molecule has 6 heteroatoms. The largest absolute Gasteiger partial charge is 0.320 e. The summed E-state index contributed by atoms with van der Waals surface area (Å²) >= 11 is 0. The first-order valence-corrected chi connectivity index (χ1v) is 5.05. The summed E-state index contributed by atoms with van der Waals surface area (Å²) in [4.78, 5) is 10.2. The van der Waals surface area contributed by atoms with Gasteiger partial charge in [-0.2, -0.15) is 0 Å². The van der Waals surface area contributed by atoms with Crippen molar-refractivity contribution in [2.75, 3.05) is 0 Å². The van der Waals surface area contributed by atoms with E-state index in [4.69, 9.17) is 5.73 Å². The molecule has 1 atom stereocenters. The maximum atomic E-state index is 12.6. The van der Waals surface area contributed by atoms with Crippen molar-refractivity contribution < 1.29 is 13.7 Å². The van der Waals surface area contributed by atoms with Gasteiger partial charge in [-0.25, -0.2) is 8.78 Å². The Bertz CT molecular complexity index is 433. The number of nitro benzene ring substituents is 1. The number of alkyl halides is 2. The lowest BCUT2D eigenvalue weighted by molar-refractivity contribution is -0.385. The van der Waals surface area contributed by atoms with Gasteiger partial charge in [-0.1, -0.05) is 12.1 Å². The molecule has 0 aromatic heterocycles. The van der Waals surface area contributed by atoms with Crippen LogP contribution in [-0.2, 0) is 6.42 Å². The van der Waals surface area contributed by atoms with Crippen LogP contribution in [0, 0.1) is 17.0 Å². The van der Waals surface area contributed by atoms with Gasteiger partial charge in [0.05, 0.1) is 10.5 Å². The van der Waals surface area contributed by atoms with Crippen LogP contribution in [-0.4, -0.2) is 16.9 Å². The fourth-order valence-corrected chi connectivity index (χ4v) is 1.48. The maximum absolute atomic E-state index is 12.6. The normalized spacial score (nSPS) is 14.7. The smallest absolute Gasteiger partial charge is 0.272 e. The Hall–Kier alpha value is -1.56. The molecule has 4 nitrogen and oxygen atoms in total. The van der Waals surface area contributed by atoms with Gasteiger partial charge in [-0.15, -0.1) is 0 Å². The Kier molecular flexibility index (Phi) is 3.77. The van der Waals surface area contributed by atoms with Gasteiger partial charge in [0, 0.05) is 11.6 Å². The van der Waals surface area contributed by atoms with Crippen molar-refractivity contribution in [3.05, 3.63) is 39.4 Å². The summed E-state index contributed by atoms with van der Waals surface area (Å²) in [6.07, 6.45) is -2.78. The Balaban J connectivity index is 3.01. The summed E-state index contributed by atoms with van der Waals surface area (Å²) in [7, 11) is 0. The van der Waals surface area contributed by atoms with Crippen molar-refractivity contribution >= 4 is 5.69 Å². The number of rotatable bonds is 4. The van der Waals surface area contributed by atoms with Crippen molar-refractivity contribution in [3.63, 3.8) is 0 Å². The van der Waals surface area contributed by atoms with Crippen LogP contribution >= 0.6 is 0 Å². The van der Waals surface area contributed by atoms with E-state index >= 15 is 0 Å². The SMILES string of the molecule is Cc1ccc(CC(C)(N)C(F)F)cc1[N+](=O)[O-]. The summed E-state index contributed by atoms with van der Waals surface area (Å²) in [6.45, 7) is 2.82. The van der Waals surface area contributed by atoms with E-state index < -0.39 is 16.9 Å². The minimum Gasteiger partial charge on any atom is -0.320 e. The van der Waals surface area contributed by atoms with E-state index in [1.54, 1.807) is 13.0 Å². The molecule has 0 amide bonds. The third kappa shape index (κ3) is 3.20. The third-order valence-electron chi connectivity index (χ3n) is 2.55. The highest BCUT2D eigenvalue weighted by atomic mass is 19.3. The van der Waals surface area contributed by atoms with Crippen LogP contribution in [0.3, 0.4) is 0 Å². The van der Waals surface area contributed by atoms with E-state index in [-0.39, 0.29) is 12.1 Å². The van der Waals surface area contributed by atoms with E-state index in [2.05, 4.69) is 0 Å². The summed E-state index contributed by atoms with van der Waals surface area (Å²) in [5.41, 5.74) is 4.61. The molecule has 0 saturated carbocycles. The maximum Gasteiger partial charge on any atom is 0.272 e. The van der Waals surface area contributed by atoms with Crippen LogP contribution in [0.15, 0.2) is 18.2 Å². The van der Waals surface area contributed by atoms with Crippen LogP contribution in [0.5, 0.6) is 0 Å². The van der Waals surface area contributed by atoms with Gasteiger partial charge in [0.25, 0.3) is 12.1 Å². The highest BCUT2D eigenvalue weighted by Gasteiger charge is 2.30. The zero-order chi connectivity index (χ0) is 13.2. The van der Waals surface area contributed by atoms with Crippen LogP contribution in [0.25, 0.3) is 0 Å². The molecule has 0 aliphatic heterocycles. The predicted molar refractivity (Wildman–Crippen MR) is 60.1 cm³/mol. The fraction of sp³-hybridized carbons (Fsp3) is 0.455. The third-order valence-corrected chi connectivity index (χ3v) is 2.55. The van der Waals surface area contributed by atoms with Crippen LogP contribution < -0.4 is 5.73 Å². The molecule has 0 radical (unpaired) electrons. The molecule has 0 aliphatic rings. The summed E-state index contributed by atoms with van der Waals surface area (Å²) in [5.74, 6) is 0. The average molecular weight is 244 g/mol. The van der Waals surface area contributed by atoms with Crippen molar-refractivity contribution in [1.82, 2.24) is 0 Å². The van der Waals surface area contributed by atoms with E-state index in [9.17, 15) is 18.9 Å². The molecule has 17 heavy (non-hydrogen) atoms. The minimum absolute atomic E-state index is 0.0763. The first-order chi connectivity index (χ1) is 7.74. The lowest BCUT2D eigenvalue weighted by atomic mass is 9.93. The summed E-state index contributed by atoms with van der Waals surface area (Å²) in [5, 5.41) is 10.7. The highest BCUT2D eigenvalue weighted by Crippen LogP contribution is 2.23. The van der Waals surface area contributed by atoms with E-state index in [1.807, 2.05) is 0 Å². The van der Waals surface area contributed by atoms with Crippen molar-refractivity contribution in [3.8, 4) is 0 Å². The van der Waals surface area contributed by atoms with Crippen molar-refractivity contribution in [2.24, 2.45) is 5.73 Å². The molecule has 94 valence electrons. The van der Waals surface area contributed by atoms with Gasteiger partial charge in [0.1, 0.15) is 0 Å². The number of aryl methyl sites for hydroxylation is 1. The molecule has 0 aliphatic carbocycles. The molecule has 1 rings (SSSR count). The monoisotopic (exact) mass is 244 g/mol. The van der Waals surface area contributed by atoms with Crippen molar-refractivity contribution in [1.29, 1.82) is 0 Å². The molecule has 1 aromatic rings. The standard InChI is InChI=1S/C11H14F2N2O2/c1-7-3-4-8(5-9(7)15(16)17)6-11(2,14)10(12)13/h3-5,10H,6,14H2,1-2H3. The van der Waals surface area contributed by atoms with E-state index in [0.29, 0.717) is 11.1 Å². The van der Waals surface area contributed by atoms with Gasteiger partial charge < -0.3 is 5.73 Å². The van der Waals surface area contributed by atoms with Gasteiger partial charge >= 0.3 is 0 Å². The summed E-state index contributed by atoms with van der Waals surface area (Å²) in [6, 6.07) is 4.41. The van der Waals surface area contributed by atoms with Crippen molar-refractivity contribution in [2.45, 2.75) is 32.2 Å². The van der Waals surface area contributed by atoms with Gasteiger partial charge in [0.15, 0.2) is 0 Å². The first-order valence-electron chi connectivity index (χ1n) is 5.05. The van der Waals surface area contributed by atoms with Crippen LogP contribution in [0.1, 0.15) is 18.1 Å². The topological polar surface area (TPSA) is 69.2 Å². The molecular formula is C11H14F2N2O2. The number of halogens is 2. The molecule has 0 bridgehead atoms. The fourth-order valence-electron chi connectivity index (χ4n) is 1.48. The van der Waals surface area contributed by atoms with Crippen LogP contribution in [0.2, 0.25) is 0 Å². The van der Waals surface area contributed by atoms with Crippen LogP contribution in [0.4, 0.5) is 14.5 Å². The quantitative estimate of drug-likeness (QED) is 0.653. The van der Waals surface area contributed by atoms with E-state index in [0.717, 1.165) is 0 Å². The number of nitrogens with zero attached hydrogens (tertiary/aromatic N) is 1. The minimum atomic E-state index is -2.68. The second-order valence-corrected chi connectivity index (χ2v) is 4.36. The highest BCUT2D eigenvalue weighted by molar-refractivity contribution is 5.42. The molecule has 1 unspecified atom stereocenters. The molecule has 2 N–H and O–H groups in total. The second-order valence-electron chi connectivity index (χ2n) is 4.36. The molecule has 0 spiro atoms. The molecule has 0 saturated heterocycles. The lowest BCUT2D eigenvalue weighted by Crippen LogP contribution is -2.45. The lowest BCUT2D eigenvalue weighted by Gasteiger charge is -2.23. The second kappa shape index (κ2) is 4.75. The Morgan fingerprint density at radius 3 is 2.59 bits per heavy atom. The predicted octanol–water partition coefficient (Wildman–Crippen LogP) is 2.43. The number of hydrogen-bond acceptors (Lipinski definition) is 3. The number of nitrogens with two attached hydrogens (primary N) is 1. The molecular weight excluding hydrogens is 230 g/mol. The molecule has 1 aromatic carbocycles. The number of hydrogen-bond donors (Lipinski definition) is 1.